The molecule has 0 unspecified atom stereocenters. The second-order valence-corrected chi connectivity index (χ2v) is 6.20. The lowest BCUT2D eigenvalue weighted by Crippen LogP contribution is -2.47. The molecule has 0 radical (unpaired) electrons. The largest absolute Gasteiger partial charge is 0.490 e. The van der Waals surface area contributed by atoms with Crippen molar-refractivity contribution < 1.29 is 4.74 Å². The zero-order valence-corrected chi connectivity index (χ0v) is 14.8. The summed E-state index contributed by atoms with van der Waals surface area (Å²) in [6, 6.07) is 14.1. The van der Waals surface area contributed by atoms with Crippen LogP contribution >= 0.6 is 0 Å². The van der Waals surface area contributed by atoms with Gasteiger partial charge in [-0.1, -0.05) is 24.3 Å². The molecule has 2 aromatic rings. The highest BCUT2D eigenvalue weighted by atomic mass is 16.5. The van der Waals surface area contributed by atoms with E-state index in [-0.39, 0.29) is 6.10 Å². The van der Waals surface area contributed by atoms with Gasteiger partial charge in [0.1, 0.15) is 11.9 Å². The van der Waals surface area contributed by atoms with Gasteiger partial charge in [-0.15, -0.1) is 0 Å². The van der Waals surface area contributed by atoms with Crippen molar-refractivity contribution in [1.82, 2.24) is 15.2 Å². The van der Waals surface area contributed by atoms with Crippen LogP contribution in [0.4, 0.5) is 0 Å². The summed E-state index contributed by atoms with van der Waals surface area (Å²) >= 11 is 0. The van der Waals surface area contributed by atoms with Crippen LogP contribution in [0.1, 0.15) is 18.4 Å². The summed E-state index contributed by atoms with van der Waals surface area (Å²) in [5.41, 5.74) is 1.24. The van der Waals surface area contributed by atoms with E-state index < -0.39 is 0 Å². The third kappa shape index (κ3) is 5.21. The number of hydrogen-bond donors (Lipinski definition) is 1. The number of likely N-dealkylation sites (tertiary alicyclic amines) is 1. The van der Waals surface area contributed by atoms with Crippen LogP contribution in [-0.4, -0.2) is 48.6 Å². The van der Waals surface area contributed by atoms with E-state index in [9.17, 15) is 0 Å². The molecule has 1 fully saturated rings. The number of nitrogens with one attached hydrogen (secondary N) is 1. The number of rotatable bonds is 5. The third-order valence-electron chi connectivity index (χ3n) is 4.42. The van der Waals surface area contributed by atoms with Gasteiger partial charge in [0.25, 0.3) is 0 Å². The van der Waals surface area contributed by atoms with E-state index in [0.29, 0.717) is 0 Å². The Morgan fingerprint density at radius 3 is 2.68 bits per heavy atom. The monoisotopic (exact) mass is 338 g/mol. The fourth-order valence-corrected chi connectivity index (χ4v) is 3.07. The predicted octanol–water partition coefficient (Wildman–Crippen LogP) is 2.74. The van der Waals surface area contributed by atoms with E-state index in [4.69, 9.17) is 4.74 Å². The number of aromatic nitrogens is 1. The summed E-state index contributed by atoms with van der Waals surface area (Å²) in [5.74, 6) is 1.93. The van der Waals surface area contributed by atoms with Gasteiger partial charge in [0.2, 0.25) is 0 Å². The summed E-state index contributed by atoms with van der Waals surface area (Å²) in [5, 5.41) is 3.46. The first kappa shape index (κ1) is 17.3. The average molecular weight is 338 g/mol. The number of piperidine rings is 1. The predicted molar refractivity (Wildman–Crippen MR) is 101 cm³/mol. The summed E-state index contributed by atoms with van der Waals surface area (Å²) < 4.78 is 6.06. The van der Waals surface area contributed by atoms with Crippen molar-refractivity contribution in [1.29, 1.82) is 0 Å². The fraction of sp³-hybridized carbons (Fsp3) is 0.400. The molecule has 0 aliphatic carbocycles. The van der Waals surface area contributed by atoms with E-state index in [2.05, 4.69) is 26.3 Å². The normalized spacial score (nSPS) is 15.9. The lowest BCUT2D eigenvalue weighted by atomic mass is 10.1. The van der Waals surface area contributed by atoms with Crippen molar-refractivity contribution in [2.24, 2.45) is 4.99 Å². The topological polar surface area (TPSA) is 49.8 Å². The summed E-state index contributed by atoms with van der Waals surface area (Å²) in [7, 11) is 1.85. The van der Waals surface area contributed by atoms with Crippen molar-refractivity contribution in [3.8, 4) is 5.75 Å². The molecule has 3 rings (SSSR count). The lowest BCUT2D eigenvalue weighted by Gasteiger charge is -2.34. The summed E-state index contributed by atoms with van der Waals surface area (Å²) in [4.78, 5) is 10.9. The molecule has 0 saturated carbocycles. The highest BCUT2D eigenvalue weighted by Crippen LogP contribution is 2.18. The lowest BCUT2D eigenvalue weighted by molar-refractivity contribution is 0.129. The summed E-state index contributed by atoms with van der Waals surface area (Å²) in [6.07, 6.45) is 6.97. The van der Waals surface area contributed by atoms with Gasteiger partial charge in [0.15, 0.2) is 5.96 Å². The minimum Gasteiger partial charge on any atom is -0.490 e. The minimum atomic E-state index is 0.284. The smallest absolute Gasteiger partial charge is 0.193 e. The minimum absolute atomic E-state index is 0.284. The first-order valence-electron chi connectivity index (χ1n) is 8.91. The molecule has 25 heavy (non-hydrogen) atoms. The van der Waals surface area contributed by atoms with Gasteiger partial charge < -0.3 is 15.0 Å². The van der Waals surface area contributed by atoms with Gasteiger partial charge in [-0.25, -0.2) is 0 Å². The Bertz CT molecular complexity index is 652. The molecule has 1 N–H and O–H groups in total. The molecule has 1 aromatic carbocycles. The quantitative estimate of drug-likeness (QED) is 0.673. The second-order valence-electron chi connectivity index (χ2n) is 6.20. The highest BCUT2D eigenvalue weighted by Gasteiger charge is 2.22. The molecule has 0 amide bonds. The average Bonchev–Trinajstić information content (AvgIpc) is 2.68. The van der Waals surface area contributed by atoms with Gasteiger partial charge >= 0.3 is 0 Å². The van der Waals surface area contributed by atoms with Crippen LogP contribution < -0.4 is 10.1 Å². The third-order valence-corrected chi connectivity index (χ3v) is 4.42. The number of guanidine groups is 1. The zero-order chi connectivity index (χ0) is 17.3. The van der Waals surface area contributed by atoms with Crippen LogP contribution in [0.5, 0.6) is 5.75 Å². The van der Waals surface area contributed by atoms with Crippen molar-refractivity contribution in [2.75, 3.05) is 26.7 Å². The van der Waals surface area contributed by atoms with E-state index in [1.54, 1.807) is 6.20 Å². The van der Waals surface area contributed by atoms with Gasteiger partial charge in [-0.2, -0.15) is 0 Å². The molecular weight excluding hydrogens is 312 g/mol. The number of nitrogens with zero attached hydrogens (tertiary/aromatic N) is 3. The number of pyridine rings is 1. The van der Waals surface area contributed by atoms with Crippen molar-refractivity contribution in [3.63, 3.8) is 0 Å². The fourth-order valence-electron chi connectivity index (χ4n) is 3.07. The molecule has 5 nitrogen and oxygen atoms in total. The Morgan fingerprint density at radius 1 is 1.20 bits per heavy atom. The Kier molecular flexibility index (Phi) is 6.26. The number of para-hydroxylation sites is 1. The second kappa shape index (κ2) is 9.06. The van der Waals surface area contributed by atoms with E-state index >= 15 is 0 Å². The van der Waals surface area contributed by atoms with Crippen LogP contribution in [0.15, 0.2) is 59.9 Å². The van der Waals surface area contributed by atoms with Gasteiger partial charge in [0, 0.05) is 51.9 Å². The molecule has 5 heteroatoms. The van der Waals surface area contributed by atoms with Crippen molar-refractivity contribution in [2.45, 2.75) is 25.4 Å². The van der Waals surface area contributed by atoms with Crippen LogP contribution in [0, 0.1) is 0 Å². The maximum Gasteiger partial charge on any atom is 0.193 e. The molecule has 1 aromatic heterocycles. The Morgan fingerprint density at radius 2 is 2.00 bits per heavy atom. The van der Waals surface area contributed by atoms with E-state index in [0.717, 1.165) is 50.6 Å². The Hall–Kier alpha value is -2.56. The van der Waals surface area contributed by atoms with Gasteiger partial charge in [-0.05, 0) is 30.2 Å². The number of hydrogen-bond acceptors (Lipinski definition) is 3. The maximum atomic E-state index is 6.06. The number of ether oxygens (including phenoxy) is 1. The Labute approximate surface area is 149 Å². The molecular formula is C20H26N4O. The first-order valence-corrected chi connectivity index (χ1v) is 8.91. The molecule has 0 bridgehead atoms. The first-order chi connectivity index (χ1) is 12.3. The molecule has 1 saturated heterocycles. The number of benzene rings is 1. The molecule has 1 aliphatic rings. The standard InChI is InChI=1S/C20H26N4O/c1-21-20(23-13-9-17-6-5-12-22-16-17)24-14-10-19(11-15-24)25-18-7-3-2-4-8-18/h2-8,12,16,19H,9-11,13-15H2,1H3,(H,21,23). The van der Waals surface area contributed by atoms with Crippen molar-refractivity contribution >= 4 is 5.96 Å². The van der Waals surface area contributed by atoms with Gasteiger partial charge in [0.05, 0.1) is 0 Å². The van der Waals surface area contributed by atoms with E-state index in [1.807, 2.05) is 49.6 Å². The van der Waals surface area contributed by atoms with Gasteiger partial charge in [-0.3, -0.25) is 9.98 Å². The zero-order valence-electron chi connectivity index (χ0n) is 14.8. The summed E-state index contributed by atoms with van der Waals surface area (Å²) in [6.45, 7) is 2.78. The molecule has 132 valence electrons. The molecule has 0 atom stereocenters. The molecule has 1 aliphatic heterocycles. The van der Waals surface area contributed by atoms with E-state index in [1.165, 1.54) is 5.56 Å². The van der Waals surface area contributed by atoms with Crippen LogP contribution in [-0.2, 0) is 6.42 Å². The number of aliphatic imine (C=N–C) groups is 1. The van der Waals surface area contributed by atoms with Crippen LogP contribution in [0.3, 0.4) is 0 Å². The van der Waals surface area contributed by atoms with Crippen LogP contribution in [0.2, 0.25) is 0 Å². The molecule has 0 spiro atoms. The maximum absolute atomic E-state index is 6.06. The molecule has 2 heterocycles. The Balaban J connectivity index is 1.42. The van der Waals surface area contributed by atoms with Crippen molar-refractivity contribution in [3.05, 3.63) is 60.4 Å². The highest BCUT2D eigenvalue weighted by molar-refractivity contribution is 5.79. The SMILES string of the molecule is CN=C(NCCc1cccnc1)N1CCC(Oc2ccccc2)CC1. The van der Waals surface area contributed by atoms with Crippen LogP contribution in [0.25, 0.3) is 0 Å².